The van der Waals surface area contributed by atoms with Gasteiger partial charge in [-0.25, -0.2) is 0 Å². The molecule has 0 bridgehead atoms. The molecule has 0 aromatic carbocycles. The van der Waals surface area contributed by atoms with E-state index in [0.717, 1.165) is 9.79 Å². The Bertz CT molecular complexity index is 538. The van der Waals surface area contributed by atoms with Crippen LogP contribution in [0.2, 0.25) is 0 Å². The van der Waals surface area contributed by atoms with Gasteiger partial charge in [0.2, 0.25) is 11.1 Å². The fraction of sp³-hybridized carbons (Fsp3) is 0. The fourth-order valence-corrected chi connectivity index (χ4v) is 3.00. The van der Waals surface area contributed by atoms with Crippen molar-refractivity contribution >= 4 is 21.6 Å². The van der Waals surface area contributed by atoms with Gasteiger partial charge in [-0.1, -0.05) is 21.6 Å². The number of pyridine rings is 2. The number of hydrogen-bond acceptors (Lipinski definition) is 4. The highest BCUT2D eigenvalue weighted by molar-refractivity contribution is 8.76. The zero-order chi connectivity index (χ0) is 11.4. The van der Waals surface area contributed by atoms with Crippen LogP contribution in [0.1, 0.15) is 0 Å². The second kappa shape index (κ2) is 5.09. The fourth-order valence-electron chi connectivity index (χ4n) is 1.05. The largest absolute Gasteiger partial charge is 0.329 e. The predicted molar refractivity (Wildman–Crippen MR) is 65.8 cm³/mol. The molecule has 4 nitrogen and oxygen atoms in total. The predicted octanol–water partition coefficient (Wildman–Crippen LogP) is 1.86. The summed E-state index contributed by atoms with van der Waals surface area (Å²) in [4.78, 5) is 28.8. The molecule has 0 radical (unpaired) electrons. The normalized spacial score (nSPS) is 10.2. The average molecular weight is 252 g/mol. The Kier molecular flexibility index (Phi) is 3.53. The second-order valence-corrected chi connectivity index (χ2v) is 5.22. The Balaban J connectivity index is 2.08. The van der Waals surface area contributed by atoms with Crippen LogP contribution in [-0.2, 0) is 0 Å². The first kappa shape index (κ1) is 11.1. The standard InChI is InChI=1S/C10H8N2O2S2/c13-9-5-7(1-3-11-9)15-16-8-2-4-12-10(14)6-8/h1-6H,(H,11,13)(H,12,14). The lowest BCUT2D eigenvalue weighted by Crippen LogP contribution is -2.01. The highest BCUT2D eigenvalue weighted by atomic mass is 33.1. The van der Waals surface area contributed by atoms with Crippen LogP contribution in [-0.4, -0.2) is 9.97 Å². The maximum Gasteiger partial charge on any atom is 0.249 e. The van der Waals surface area contributed by atoms with Crippen LogP contribution < -0.4 is 11.1 Å². The zero-order valence-corrected chi connectivity index (χ0v) is 9.73. The third-order valence-corrected chi connectivity index (χ3v) is 4.11. The van der Waals surface area contributed by atoms with Gasteiger partial charge in [-0.15, -0.1) is 0 Å². The van der Waals surface area contributed by atoms with Crippen molar-refractivity contribution in [2.75, 3.05) is 0 Å². The number of nitrogens with one attached hydrogen (secondary N) is 2. The van der Waals surface area contributed by atoms with E-state index in [2.05, 4.69) is 9.97 Å². The highest BCUT2D eigenvalue weighted by Gasteiger charge is 1.98. The molecule has 0 unspecified atom stereocenters. The summed E-state index contributed by atoms with van der Waals surface area (Å²) in [5.41, 5.74) is -0.256. The van der Waals surface area contributed by atoms with Crippen LogP contribution in [0, 0.1) is 0 Å². The third-order valence-electron chi connectivity index (χ3n) is 1.73. The first-order chi connectivity index (χ1) is 7.74. The van der Waals surface area contributed by atoms with Crippen molar-refractivity contribution in [2.45, 2.75) is 9.79 Å². The molecule has 0 aliphatic heterocycles. The van der Waals surface area contributed by atoms with Crippen molar-refractivity contribution in [1.29, 1.82) is 0 Å². The molecule has 2 N–H and O–H groups in total. The molecule has 0 atom stereocenters. The lowest BCUT2D eigenvalue weighted by molar-refractivity contribution is 1.19. The Morgan fingerprint density at radius 2 is 1.25 bits per heavy atom. The summed E-state index contributed by atoms with van der Waals surface area (Å²) in [6, 6.07) is 6.66. The van der Waals surface area contributed by atoms with Gasteiger partial charge in [0.15, 0.2) is 0 Å². The minimum Gasteiger partial charge on any atom is -0.329 e. The Morgan fingerprint density at radius 1 is 0.812 bits per heavy atom. The molecule has 0 saturated carbocycles. The highest BCUT2D eigenvalue weighted by Crippen LogP contribution is 2.35. The van der Waals surface area contributed by atoms with E-state index in [9.17, 15) is 9.59 Å². The van der Waals surface area contributed by atoms with Crippen LogP contribution >= 0.6 is 21.6 Å². The molecular weight excluding hydrogens is 244 g/mol. The van der Waals surface area contributed by atoms with Gasteiger partial charge in [-0.05, 0) is 12.1 Å². The Hall–Kier alpha value is -1.40. The van der Waals surface area contributed by atoms with Crippen molar-refractivity contribution in [3.8, 4) is 0 Å². The van der Waals surface area contributed by atoms with Gasteiger partial charge in [-0.2, -0.15) is 0 Å². The summed E-state index contributed by atoms with van der Waals surface area (Å²) in [6.07, 6.45) is 3.20. The molecule has 2 aromatic heterocycles. The summed E-state index contributed by atoms with van der Waals surface area (Å²) < 4.78 is 0. The Morgan fingerprint density at radius 3 is 1.62 bits per heavy atom. The molecule has 0 amide bonds. The SMILES string of the molecule is O=c1cc(SSc2cc[nH]c(=O)c2)cc[nH]1. The van der Waals surface area contributed by atoms with E-state index in [1.54, 1.807) is 12.4 Å². The zero-order valence-electron chi connectivity index (χ0n) is 8.10. The first-order valence-corrected chi connectivity index (χ1v) is 6.61. The van der Waals surface area contributed by atoms with Gasteiger partial charge in [0.25, 0.3) is 0 Å². The van der Waals surface area contributed by atoms with Gasteiger partial charge in [-0.3, -0.25) is 9.59 Å². The lowest BCUT2D eigenvalue weighted by atomic mass is 10.5. The van der Waals surface area contributed by atoms with Crippen LogP contribution in [0.3, 0.4) is 0 Å². The number of aromatic nitrogens is 2. The van der Waals surface area contributed by atoms with Gasteiger partial charge in [0.1, 0.15) is 0 Å². The summed E-state index contributed by atoms with van der Waals surface area (Å²) in [5.74, 6) is 0. The van der Waals surface area contributed by atoms with Gasteiger partial charge < -0.3 is 9.97 Å². The molecule has 2 aromatic rings. The van der Waals surface area contributed by atoms with Crippen LogP contribution in [0.5, 0.6) is 0 Å². The quantitative estimate of drug-likeness (QED) is 0.818. The lowest BCUT2D eigenvalue weighted by Gasteiger charge is -1.99. The van der Waals surface area contributed by atoms with E-state index in [1.165, 1.54) is 33.7 Å². The van der Waals surface area contributed by atoms with Gasteiger partial charge in [0.05, 0.1) is 0 Å². The molecule has 82 valence electrons. The Labute approximate surface area is 98.9 Å². The van der Waals surface area contributed by atoms with E-state index in [1.807, 2.05) is 12.1 Å². The molecule has 0 saturated heterocycles. The van der Waals surface area contributed by atoms with Crippen LogP contribution in [0.15, 0.2) is 56.0 Å². The van der Waals surface area contributed by atoms with Crippen molar-refractivity contribution in [3.05, 3.63) is 57.4 Å². The van der Waals surface area contributed by atoms with Crippen molar-refractivity contribution < 1.29 is 0 Å². The number of hydrogen-bond donors (Lipinski definition) is 2. The van der Waals surface area contributed by atoms with Crippen LogP contribution in [0.4, 0.5) is 0 Å². The third kappa shape index (κ3) is 3.04. The summed E-state index contributed by atoms with van der Waals surface area (Å²) in [6.45, 7) is 0. The molecule has 0 aliphatic rings. The molecule has 0 fully saturated rings. The summed E-state index contributed by atoms with van der Waals surface area (Å²) in [5, 5.41) is 0. The summed E-state index contributed by atoms with van der Waals surface area (Å²) in [7, 11) is 2.88. The van der Waals surface area contributed by atoms with E-state index >= 15 is 0 Å². The van der Waals surface area contributed by atoms with E-state index in [0.29, 0.717) is 0 Å². The minimum atomic E-state index is -0.128. The average Bonchev–Trinajstić information content (AvgIpc) is 2.27. The smallest absolute Gasteiger partial charge is 0.249 e. The molecule has 6 heteroatoms. The van der Waals surface area contributed by atoms with E-state index in [-0.39, 0.29) is 11.1 Å². The summed E-state index contributed by atoms with van der Waals surface area (Å²) >= 11 is 0. The molecule has 2 rings (SSSR count). The number of rotatable bonds is 3. The van der Waals surface area contributed by atoms with Crippen molar-refractivity contribution in [3.63, 3.8) is 0 Å². The molecule has 16 heavy (non-hydrogen) atoms. The van der Waals surface area contributed by atoms with Crippen molar-refractivity contribution in [2.24, 2.45) is 0 Å². The topological polar surface area (TPSA) is 65.7 Å². The molecular formula is C10H8N2O2S2. The molecule has 2 heterocycles. The maximum absolute atomic E-state index is 11.0. The number of aromatic amines is 2. The molecule has 0 spiro atoms. The van der Waals surface area contributed by atoms with Gasteiger partial charge in [0, 0.05) is 34.3 Å². The van der Waals surface area contributed by atoms with E-state index < -0.39 is 0 Å². The molecule has 0 aliphatic carbocycles. The maximum atomic E-state index is 11.0. The minimum absolute atomic E-state index is 0.128. The van der Waals surface area contributed by atoms with E-state index in [4.69, 9.17) is 0 Å². The van der Waals surface area contributed by atoms with Gasteiger partial charge >= 0.3 is 0 Å². The monoisotopic (exact) mass is 252 g/mol. The second-order valence-electron chi connectivity index (χ2n) is 2.94. The van der Waals surface area contributed by atoms with Crippen LogP contribution in [0.25, 0.3) is 0 Å². The first-order valence-electron chi connectivity index (χ1n) is 4.46. The van der Waals surface area contributed by atoms with Crippen molar-refractivity contribution in [1.82, 2.24) is 9.97 Å². The number of H-pyrrole nitrogens is 2.